The molecule has 0 aliphatic carbocycles. The predicted molar refractivity (Wildman–Crippen MR) is 106 cm³/mol. The van der Waals surface area contributed by atoms with Crippen molar-refractivity contribution >= 4 is 11.6 Å². The second kappa shape index (κ2) is 8.37. The molecule has 0 radical (unpaired) electrons. The Morgan fingerprint density at radius 2 is 1.73 bits per heavy atom. The van der Waals surface area contributed by atoms with Gasteiger partial charge in [0.1, 0.15) is 5.75 Å². The van der Waals surface area contributed by atoms with Crippen LogP contribution in [0.1, 0.15) is 43.7 Å². The number of amides is 1. The quantitative estimate of drug-likeness (QED) is 0.849. The lowest BCUT2D eigenvalue weighted by Gasteiger charge is -2.35. The van der Waals surface area contributed by atoms with Gasteiger partial charge in [0.2, 0.25) is 5.91 Å². The molecule has 3 rings (SSSR count). The number of phenols is 1. The number of nitrogens with one attached hydrogen (secondary N) is 1. The molecule has 0 aromatic heterocycles. The third kappa shape index (κ3) is 4.44. The molecule has 1 unspecified atom stereocenters. The number of carbonyl (C=O) groups is 1. The van der Waals surface area contributed by atoms with Crippen molar-refractivity contribution in [3.63, 3.8) is 0 Å². The Labute approximate surface area is 155 Å². The topological polar surface area (TPSA) is 52.6 Å². The monoisotopic (exact) mass is 352 g/mol. The van der Waals surface area contributed by atoms with Gasteiger partial charge in [0.15, 0.2) is 0 Å². The molecule has 1 aliphatic rings. The van der Waals surface area contributed by atoms with Crippen molar-refractivity contribution in [2.45, 2.75) is 45.1 Å². The van der Waals surface area contributed by atoms with Crippen LogP contribution in [-0.2, 0) is 11.2 Å². The Morgan fingerprint density at radius 1 is 1.12 bits per heavy atom. The average molecular weight is 352 g/mol. The first-order chi connectivity index (χ1) is 12.6. The van der Waals surface area contributed by atoms with Gasteiger partial charge >= 0.3 is 0 Å². The van der Waals surface area contributed by atoms with E-state index in [4.69, 9.17) is 0 Å². The van der Waals surface area contributed by atoms with E-state index >= 15 is 0 Å². The highest BCUT2D eigenvalue weighted by molar-refractivity contribution is 5.94. The Balaban J connectivity index is 1.52. The van der Waals surface area contributed by atoms with Crippen molar-refractivity contribution < 1.29 is 9.90 Å². The molecule has 0 spiro atoms. The standard InChI is InChI=1S/C22H28N2O2/c1-3-17-4-8-20(9-5-17)23-22(26)16(2)24-14-12-19(13-15-24)18-6-10-21(25)11-7-18/h4-11,16,19,25H,3,12-15H2,1-2H3,(H,23,26). The van der Waals surface area contributed by atoms with Gasteiger partial charge in [-0.2, -0.15) is 0 Å². The minimum absolute atomic E-state index is 0.0531. The lowest BCUT2D eigenvalue weighted by molar-refractivity contribution is -0.121. The van der Waals surface area contributed by atoms with E-state index in [0.717, 1.165) is 38.0 Å². The molecule has 26 heavy (non-hydrogen) atoms. The van der Waals surface area contributed by atoms with Crippen molar-refractivity contribution in [2.75, 3.05) is 18.4 Å². The van der Waals surface area contributed by atoms with Gasteiger partial charge in [-0.1, -0.05) is 31.2 Å². The zero-order chi connectivity index (χ0) is 18.5. The van der Waals surface area contributed by atoms with E-state index in [-0.39, 0.29) is 11.9 Å². The van der Waals surface area contributed by atoms with Crippen LogP contribution in [-0.4, -0.2) is 35.0 Å². The fourth-order valence-electron chi connectivity index (χ4n) is 3.60. The summed E-state index contributed by atoms with van der Waals surface area (Å²) in [6.07, 6.45) is 3.07. The molecule has 1 heterocycles. The van der Waals surface area contributed by atoms with Crippen molar-refractivity contribution in [1.82, 2.24) is 4.90 Å². The van der Waals surface area contributed by atoms with E-state index < -0.39 is 0 Å². The number of nitrogens with zero attached hydrogens (tertiary/aromatic N) is 1. The van der Waals surface area contributed by atoms with Crippen LogP contribution in [0.5, 0.6) is 5.75 Å². The molecule has 138 valence electrons. The number of aromatic hydroxyl groups is 1. The Bertz CT molecular complexity index is 717. The molecule has 0 saturated carbocycles. The minimum atomic E-state index is -0.137. The Kier molecular flexibility index (Phi) is 5.94. The number of hydrogen-bond acceptors (Lipinski definition) is 3. The van der Waals surface area contributed by atoms with Crippen LogP contribution < -0.4 is 5.32 Å². The van der Waals surface area contributed by atoms with E-state index in [1.807, 2.05) is 31.2 Å². The van der Waals surface area contributed by atoms with Crippen LogP contribution in [0, 0.1) is 0 Å². The molecule has 2 aromatic rings. The van der Waals surface area contributed by atoms with E-state index in [1.165, 1.54) is 11.1 Å². The Hall–Kier alpha value is -2.33. The van der Waals surface area contributed by atoms with Crippen molar-refractivity contribution in [3.8, 4) is 5.75 Å². The van der Waals surface area contributed by atoms with Crippen molar-refractivity contribution in [1.29, 1.82) is 0 Å². The van der Waals surface area contributed by atoms with Gasteiger partial charge in [0.05, 0.1) is 6.04 Å². The van der Waals surface area contributed by atoms with Crippen molar-refractivity contribution in [3.05, 3.63) is 59.7 Å². The number of anilines is 1. The molecule has 1 fully saturated rings. The molecule has 1 aliphatic heterocycles. The number of likely N-dealkylation sites (tertiary alicyclic amines) is 1. The summed E-state index contributed by atoms with van der Waals surface area (Å²) in [6.45, 7) is 5.93. The van der Waals surface area contributed by atoms with Gasteiger partial charge in [-0.25, -0.2) is 0 Å². The number of rotatable bonds is 5. The number of aryl methyl sites for hydroxylation is 1. The summed E-state index contributed by atoms with van der Waals surface area (Å²) in [5.41, 5.74) is 3.40. The maximum Gasteiger partial charge on any atom is 0.241 e. The van der Waals surface area contributed by atoms with Gasteiger partial charge in [-0.15, -0.1) is 0 Å². The van der Waals surface area contributed by atoms with Gasteiger partial charge in [-0.05, 0) is 80.6 Å². The molecule has 1 amide bonds. The maximum atomic E-state index is 12.6. The molecule has 0 bridgehead atoms. The average Bonchev–Trinajstić information content (AvgIpc) is 2.69. The third-order valence-electron chi connectivity index (χ3n) is 5.45. The first kappa shape index (κ1) is 18.5. The summed E-state index contributed by atoms with van der Waals surface area (Å²) in [6, 6.07) is 15.4. The van der Waals surface area contributed by atoms with Crippen LogP contribution in [0.2, 0.25) is 0 Å². The van der Waals surface area contributed by atoms with Gasteiger partial charge < -0.3 is 10.4 Å². The van der Waals surface area contributed by atoms with E-state index in [9.17, 15) is 9.90 Å². The van der Waals surface area contributed by atoms with E-state index in [1.54, 1.807) is 12.1 Å². The molecule has 2 aromatic carbocycles. The van der Waals surface area contributed by atoms with Crippen LogP contribution in [0.4, 0.5) is 5.69 Å². The highest BCUT2D eigenvalue weighted by Crippen LogP contribution is 2.29. The maximum absolute atomic E-state index is 12.6. The SMILES string of the molecule is CCc1ccc(NC(=O)C(C)N2CCC(c3ccc(O)cc3)CC2)cc1. The summed E-state index contributed by atoms with van der Waals surface area (Å²) in [4.78, 5) is 14.8. The summed E-state index contributed by atoms with van der Waals surface area (Å²) >= 11 is 0. The molecule has 1 atom stereocenters. The van der Waals surface area contributed by atoms with Crippen LogP contribution in [0.25, 0.3) is 0 Å². The molecule has 4 nitrogen and oxygen atoms in total. The largest absolute Gasteiger partial charge is 0.508 e. The first-order valence-corrected chi connectivity index (χ1v) is 9.49. The van der Waals surface area contributed by atoms with Crippen molar-refractivity contribution in [2.24, 2.45) is 0 Å². The number of benzene rings is 2. The number of phenolic OH excluding ortho intramolecular Hbond substituents is 1. The lowest BCUT2D eigenvalue weighted by atomic mass is 9.89. The second-order valence-electron chi connectivity index (χ2n) is 7.12. The van der Waals surface area contributed by atoms with Gasteiger partial charge in [0, 0.05) is 5.69 Å². The van der Waals surface area contributed by atoms with E-state index in [2.05, 4.69) is 29.3 Å². The fraction of sp³-hybridized carbons (Fsp3) is 0.409. The predicted octanol–water partition coefficient (Wildman–Crippen LogP) is 4.16. The molecular weight excluding hydrogens is 324 g/mol. The highest BCUT2D eigenvalue weighted by Gasteiger charge is 2.27. The van der Waals surface area contributed by atoms with Crippen LogP contribution in [0.15, 0.2) is 48.5 Å². The molecule has 4 heteroatoms. The molecule has 1 saturated heterocycles. The summed E-state index contributed by atoms with van der Waals surface area (Å²) in [7, 11) is 0. The number of carbonyl (C=O) groups excluding carboxylic acids is 1. The number of hydrogen-bond donors (Lipinski definition) is 2. The molecule has 2 N–H and O–H groups in total. The minimum Gasteiger partial charge on any atom is -0.508 e. The number of piperidine rings is 1. The van der Waals surface area contributed by atoms with Gasteiger partial charge in [0.25, 0.3) is 0 Å². The first-order valence-electron chi connectivity index (χ1n) is 9.49. The lowest BCUT2D eigenvalue weighted by Crippen LogP contribution is -2.45. The summed E-state index contributed by atoms with van der Waals surface area (Å²) in [5.74, 6) is 0.865. The zero-order valence-corrected chi connectivity index (χ0v) is 15.6. The van der Waals surface area contributed by atoms with Gasteiger partial charge in [-0.3, -0.25) is 9.69 Å². The highest BCUT2D eigenvalue weighted by atomic mass is 16.3. The fourth-order valence-corrected chi connectivity index (χ4v) is 3.60. The normalized spacial score (nSPS) is 17.0. The summed E-state index contributed by atoms with van der Waals surface area (Å²) < 4.78 is 0. The summed E-state index contributed by atoms with van der Waals surface area (Å²) in [5, 5.41) is 12.5. The molecular formula is C22H28N2O2. The van der Waals surface area contributed by atoms with Crippen LogP contribution in [0.3, 0.4) is 0 Å². The third-order valence-corrected chi connectivity index (χ3v) is 5.45. The van der Waals surface area contributed by atoms with Crippen LogP contribution >= 0.6 is 0 Å². The smallest absolute Gasteiger partial charge is 0.241 e. The zero-order valence-electron chi connectivity index (χ0n) is 15.6. The second-order valence-corrected chi connectivity index (χ2v) is 7.12. The Morgan fingerprint density at radius 3 is 2.31 bits per heavy atom. The van der Waals surface area contributed by atoms with E-state index in [0.29, 0.717) is 11.7 Å².